The second kappa shape index (κ2) is 12.1. The summed E-state index contributed by atoms with van der Waals surface area (Å²) in [5.41, 5.74) is 2.00. The minimum Gasteiger partial charge on any atom is -0.372 e. The number of benzene rings is 1. The van der Waals surface area contributed by atoms with Crippen LogP contribution in [0.4, 0.5) is 11.4 Å². The zero-order valence-electron chi connectivity index (χ0n) is 24.8. The van der Waals surface area contributed by atoms with E-state index < -0.39 is 13.6 Å². The highest BCUT2D eigenvalue weighted by Gasteiger charge is 2.48. The SMILES string of the molecule is CCOP(=O)(CCC1Nc2ccccc2N(C2C[C@H]3CCC[C@@H](C2)N3C2C[C@H]3CC(C)C[C@@H](C2)C3)C1=O)OCC. The summed E-state index contributed by atoms with van der Waals surface area (Å²) in [5, 5.41) is 3.48. The largest absolute Gasteiger partial charge is 0.372 e. The second-order valence-corrected chi connectivity index (χ2v) is 15.5. The molecule has 0 aromatic heterocycles. The van der Waals surface area contributed by atoms with Crippen molar-refractivity contribution in [2.75, 3.05) is 29.6 Å². The Morgan fingerprint density at radius 1 is 0.875 bits per heavy atom. The van der Waals surface area contributed by atoms with E-state index in [0.29, 0.717) is 31.7 Å². The van der Waals surface area contributed by atoms with Crippen molar-refractivity contribution in [3.05, 3.63) is 24.3 Å². The van der Waals surface area contributed by atoms with Gasteiger partial charge < -0.3 is 19.3 Å². The molecule has 1 aromatic rings. The maximum atomic E-state index is 14.2. The Balaban J connectivity index is 1.20. The Bertz CT molecular complexity index is 1060. The maximum absolute atomic E-state index is 14.2. The second-order valence-electron chi connectivity index (χ2n) is 13.4. The molecule has 2 saturated carbocycles. The molecule has 6 rings (SSSR count). The fraction of sp³-hybridized carbons (Fsp3) is 0.781. The molecule has 4 fully saturated rings. The van der Waals surface area contributed by atoms with Gasteiger partial charge in [0.2, 0.25) is 5.91 Å². The minimum absolute atomic E-state index is 0.107. The van der Waals surface area contributed by atoms with Crippen LogP contribution in [-0.2, 0) is 18.4 Å². The van der Waals surface area contributed by atoms with Crippen LogP contribution in [0.5, 0.6) is 0 Å². The van der Waals surface area contributed by atoms with Gasteiger partial charge in [0.1, 0.15) is 6.04 Å². The average Bonchev–Trinajstić information content (AvgIpc) is 2.91. The smallest absolute Gasteiger partial charge is 0.330 e. The Labute approximate surface area is 241 Å². The molecule has 0 radical (unpaired) electrons. The molecule has 2 saturated heterocycles. The van der Waals surface area contributed by atoms with E-state index in [4.69, 9.17) is 9.05 Å². The summed E-state index contributed by atoms with van der Waals surface area (Å²) >= 11 is 0. The van der Waals surface area contributed by atoms with Crippen molar-refractivity contribution in [3.8, 4) is 0 Å². The number of nitrogens with one attached hydrogen (secondary N) is 1. The Morgan fingerprint density at radius 3 is 2.17 bits per heavy atom. The zero-order chi connectivity index (χ0) is 27.9. The summed E-state index contributed by atoms with van der Waals surface area (Å²) in [5.74, 6) is 2.84. The number of carbonyl (C=O) groups is 1. The Morgan fingerprint density at radius 2 is 1.52 bits per heavy atom. The van der Waals surface area contributed by atoms with Crippen LogP contribution in [0.15, 0.2) is 24.3 Å². The molecule has 5 aliphatic rings. The number of piperidine rings is 2. The third kappa shape index (κ3) is 5.78. The number of carbonyl (C=O) groups excluding carboxylic acids is 1. The Hall–Kier alpha value is -1.40. The quantitative estimate of drug-likeness (QED) is 0.320. The lowest BCUT2D eigenvalue weighted by Gasteiger charge is -2.57. The molecule has 1 aromatic carbocycles. The van der Waals surface area contributed by atoms with Crippen LogP contribution in [0.25, 0.3) is 0 Å². The summed E-state index contributed by atoms with van der Waals surface area (Å²) < 4.78 is 24.3. The number of amides is 1. The molecule has 0 spiro atoms. The summed E-state index contributed by atoms with van der Waals surface area (Å²) in [7, 11) is -3.22. The van der Waals surface area contributed by atoms with E-state index in [2.05, 4.69) is 34.2 Å². The third-order valence-electron chi connectivity index (χ3n) is 10.5. The predicted octanol–water partition coefficient (Wildman–Crippen LogP) is 7.07. The van der Waals surface area contributed by atoms with Gasteiger partial charge in [0, 0.05) is 24.2 Å². The van der Waals surface area contributed by atoms with Gasteiger partial charge in [-0.1, -0.05) is 25.5 Å². The van der Waals surface area contributed by atoms with Crippen LogP contribution >= 0.6 is 7.60 Å². The van der Waals surface area contributed by atoms with Gasteiger partial charge in [0.15, 0.2) is 0 Å². The lowest BCUT2D eigenvalue weighted by molar-refractivity contribution is -0.121. The van der Waals surface area contributed by atoms with Gasteiger partial charge in [-0.15, -0.1) is 0 Å². The molecule has 3 heterocycles. The van der Waals surface area contributed by atoms with E-state index >= 15 is 0 Å². The molecule has 222 valence electrons. The van der Waals surface area contributed by atoms with Crippen LogP contribution < -0.4 is 10.2 Å². The standard InChI is InChI=1S/C32H50N3O4P/c1-4-38-40(37,39-5-2)14-13-30-32(36)35(31-12-7-6-11-29(31)33-30)28-20-25-9-8-10-26(21-28)34(25)27-18-23-15-22(3)16-24(17-23)19-27/h6-7,11-12,22-28,30,33H,4-5,8-10,13-21H2,1-3H3/t22?,23-,24+,25-,26+,27?,28?,30?. The fourth-order valence-electron chi connectivity index (χ4n) is 9.35. The third-order valence-corrected chi connectivity index (χ3v) is 12.6. The molecule has 8 heteroatoms. The van der Waals surface area contributed by atoms with E-state index in [-0.39, 0.29) is 18.1 Å². The van der Waals surface area contributed by atoms with Crippen LogP contribution in [0, 0.1) is 17.8 Å². The molecule has 4 unspecified atom stereocenters. The highest BCUT2D eigenvalue weighted by molar-refractivity contribution is 7.53. The number of nitrogens with zero attached hydrogens (tertiary/aromatic N) is 2. The van der Waals surface area contributed by atoms with Gasteiger partial charge in [-0.2, -0.15) is 0 Å². The number of hydrogen-bond donors (Lipinski definition) is 1. The average molecular weight is 572 g/mol. The van der Waals surface area contributed by atoms with E-state index in [0.717, 1.165) is 48.0 Å². The maximum Gasteiger partial charge on any atom is 0.330 e. The van der Waals surface area contributed by atoms with Gasteiger partial charge in [-0.25, -0.2) is 0 Å². The first kappa shape index (κ1) is 28.7. The molecular formula is C32H50N3O4P. The van der Waals surface area contributed by atoms with E-state index in [9.17, 15) is 9.36 Å². The van der Waals surface area contributed by atoms with Crippen LogP contribution in [0.3, 0.4) is 0 Å². The first-order chi connectivity index (χ1) is 19.4. The lowest BCUT2D eigenvalue weighted by atomic mass is 9.65. The van der Waals surface area contributed by atoms with Crippen LogP contribution in [0.2, 0.25) is 0 Å². The van der Waals surface area contributed by atoms with Crippen molar-refractivity contribution in [1.29, 1.82) is 0 Å². The van der Waals surface area contributed by atoms with Crippen molar-refractivity contribution in [2.45, 2.75) is 122 Å². The van der Waals surface area contributed by atoms with Crippen molar-refractivity contribution in [1.82, 2.24) is 4.90 Å². The molecule has 8 atom stereocenters. The molecule has 1 amide bonds. The molecule has 7 nitrogen and oxygen atoms in total. The molecule has 40 heavy (non-hydrogen) atoms. The highest BCUT2D eigenvalue weighted by Crippen LogP contribution is 2.51. The summed E-state index contributed by atoms with van der Waals surface area (Å²) in [6, 6.07) is 9.89. The molecule has 2 aliphatic carbocycles. The van der Waals surface area contributed by atoms with Crippen molar-refractivity contribution in [3.63, 3.8) is 0 Å². The van der Waals surface area contributed by atoms with E-state index in [1.165, 1.54) is 51.4 Å². The fourth-order valence-corrected chi connectivity index (χ4v) is 11.0. The summed E-state index contributed by atoms with van der Waals surface area (Å²) in [6.07, 6.45) is 13.7. The van der Waals surface area contributed by atoms with Gasteiger partial charge in [-0.05, 0) is 108 Å². The first-order valence-electron chi connectivity index (χ1n) is 16.2. The molecule has 1 N–H and O–H groups in total. The van der Waals surface area contributed by atoms with Crippen molar-refractivity contribution < 1.29 is 18.4 Å². The number of fused-ring (bicyclic) bond motifs is 5. The number of anilines is 2. The number of hydrogen-bond acceptors (Lipinski definition) is 6. The molecule has 3 aliphatic heterocycles. The van der Waals surface area contributed by atoms with Crippen LogP contribution in [-0.4, -0.2) is 60.4 Å². The first-order valence-corrected chi connectivity index (χ1v) is 17.9. The normalized spacial score (nSPS) is 36.2. The van der Waals surface area contributed by atoms with Gasteiger partial charge in [0.25, 0.3) is 0 Å². The number of rotatable bonds is 9. The Kier molecular flexibility index (Phi) is 8.66. The highest BCUT2D eigenvalue weighted by atomic mass is 31.2. The van der Waals surface area contributed by atoms with Gasteiger partial charge >= 0.3 is 7.60 Å². The summed E-state index contributed by atoms with van der Waals surface area (Å²) in [6.45, 7) is 6.79. The molecule has 4 bridgehead atoms. The monoisotopic (exact) mass is 571 g/mol. The van der Waals surface area contributed by atoms with E-state index in [1.807, 2.05) is 26.0 Å². The lowest BCUT2D eigenvalue weighted by Crippen LogP contribution is -2.63. The topological polar surface area (TPSA) is 71.1 Å². The van der Waals surface area contributed by atoms with Gasteiger partial charge in [0.05, 0.1) is 30.8 Å². The van der Waals surface area contributed by atoms with Crippen molar-refractivity contribution in [2.24, 2.45) is 17.8 Å². The minimum atomic E-state index is -3.22. The number of para-hydroxylation sites is 2. The molecular weight excluding hydrogens is 521 g/mol. The van der Waals surface area contributed by atoms with E-state index in [1.54, 1.807) is 0 Å². The summed E-state index contributed by atoms with van der Waals surface area (Å²) in [4.78, 5) is 19.3. The van der Waals surface area contributed by atoms with Crippen LogP contribution in [0.1, 0.15) is 91.4 Å². The zero-order valence-corrected chi connectivity index (χ0v) is 25.7. The van der Waals surface area contributed by atoms with Gasteiger partial charge in [-0.3, -0.25) is 14.3 Å². The predicted molar refractivity (Wildman–Crippen MR) is 161 cm³/mol. The van der Waals surface area contributed by atoms with Crippen molar-refractivity contribution >= 4 is 24.9 Å².